The number of halogens is 1. The van der Waals surface area contributed by atoms with Gasteiger partial charge < -0.3 is 10.1 Å². The number of hydrogen-bond donors (Lipinski definition) is 1. The van der Waals surface area contributed by atoms with Gasteiger partial charge in [-0.25, -0.2) is 4.98 Å². The van der Waals surface area contributed by atoms with Crippen molar-refractivity contribution < 1.29 is 4.74 Å². The highest BCUT2D eigenvalue weighted by molar-refractivity contribution is 7.13. The molecule has 2 aromatic carbocycles. The first-order chi connectivity index (χ1) is 10.8. The van der Waals surface area contributed by atoms with E-state index in [0.29, 0.717) is 13.2 Å². The lowest BCUT2D eigenvalue weighted by molar-refractivity contribution is 0.303. The first kappa shape index (κ1) is 14.9. The van der Waals surface area contributed by atoms with Gasteiger partial charge in [0.2, 0.25) is 0 Å². The number of thiazole rings is 1. The van der Waals surface area contributed by atoms with Crippen molar-refractivity contribution in [1.29, 1.82) is 0 Å². The fraction of sp³-hybridized carbons (Fsp3) is 0.118. The summed E-state index contributed by atoms with van der Waals surface area (Å²) < 4.78 is 5.93. The normalized spacial score (nSPS) is 10.4. The molecule has 0 saturated heterocycles. The van der Waals surface area contributed by atoms with E-state index in [4.69, 9.17) is 16.3 Å². The van der Waals surface area contributed by atoms with Crippen LogP contribution in [0.3, 0.4) is 0 Å². The Balaban J connectivity index is 1.67. The molecule has 0 fully saturated rings. The van der Waals surface area contributed by atoms with Crippen LogP contribution < -0.4 is 10.1 Å². The van der Waals surface area contributed by atoms with Crippen LogP contribution in [-0.4, -0.2) is 4.98 Å². The van der Waals surface area contributed by atoms with E-state index in [2.05, 4.69) is 10.3 Å². The van der Waals surface area contributed by atoms with Crippen molar-refractivity contribution in [2.45, 2.75) is 13.2 Å². The molecule has 0 amide bonds. The van der Waals surface area contributed by atoms with E-state index in [9.17, 15) is 0 Å². The second-order valence-corrected chi connectivity index (χ2v) is 5.98. The zero-order valence-electron chi connectivity index (χ0n) is 11.8. The molecular formula is C17H15ClN2OS. The van der Waals surface area contributed by atoms with Crippen molar-refractivity contribution in [1.82, 2.24) is 4.98 Å². The molecule has 0 bridgehead atoms. The average Bonchev–Trinajstić information content (AvgIpc) is 3.06. The summed E-state index contributed by atoms with van der Waals surface area (Å²) in [6.07, 6.45) is 1.78. The summed E-state index contributed by atoms with van der Waals surface area (Å²) >= 11 is 7.74. The number of ether oxygens (including phenoxy) is 1. The number of benzene rings is 2. The summed E-state index contributed by atoms with van der Waals surface area (Å²) in [5, 5.41) is 6.87. The molecule has 5 heteroatoms. The number of hydrogen-bond acceptors (Lipinski definition) is 4. The monoisotopic (exact) mass is 330 g/mol. The molecule has 22 heavy (non-hydrogen) atoms. The third-order valence-electron chi connectivity index (χ3n) is 3.18. The van der Waals surface area contributed by atoms with Gasteiger partial charge in [0, 0.05) is 34.3 Å². The summed E-state index contributed by atoms with van der Waals surface area (Å²) in [5.74, 6) is 0.853. The standard InChI is InChI=1S/C17H15ClN2OS/c18-15-7-3-1-6-14(15)12-21-16-8-4-2-5-13(16)11-20-17-19-9-10-22-17/h1-10H,11-12H2,(H,19,20). The molecule has 0 aliphatic heterocycles. The van der Waals surface area contributed by atoms with Crippen molar-refractivity contribution in [3.63, 3.8) is 0 Å². The van der Waals surface area contributed by atoms with E-state index in [1.54, 1.807) is 17.5 Å². The Kier molecular flexibility index (Phi) is 4.93. The van der Waals surface area contributed by atoms with Crippen molar-refractivity contribution in [3.8, 4) is 5.75 Å². The van der Waals surface area contributed by atoms with Gasteiger partial charge in [0.15, 0.2) is 5.13 Å². The molecule has 3 aromatic rings. The zero-order chi connectivity index (χ0) is 15.2. The largest absolute Gasteiger partial charge is 0.488 e. The van der Waals surface area contributed by atoms with Crippen LogP contribution in [0.5, 0.6) is 5.75 Å². The van der Waals surface area contributed by atoms with Gasteiger partial charge in [-0.15, -0.1) is 11.3 Å². The molecule has 0 radical (unpaired) electrons. The lowest BCUT2D eigenvalue weighted by atomic mass is 10.2. The van der Waals surface area contributed by atoms with Crippen LogP contribution in [0.25, 0.3) is 0 Å². The molecular weight excluding hydrogens is 316 g/mol. The highest BCUT2D eigenvalue weighted by atomic mass is 35.5. The first-order valence-electron chi connectivity index (χ1n) is 6.90. The number of aromatic nitrogens is 1. The fourth-order valence-corrected chi connectivity index (χ4v) is 2.76. The molecule has 112 valence electrons. The number of nitrogens with one attached hydrogen (secondary N) is 1. The topological polar surface area (TPSA) is 34.1 Å². The minimum absolute atomic E-state index is 0.452. The second kappa shape index (κ2) is 7.29. The van der Waals surface area contributed by atoms with Crippen molar-refractivity contribution >= 4 is 28.1 Å². The highest BCUT2D eigenvalue weighted by Gasteiger charge is 2.05. The smallest absolute Gasteiger partial charge is 0.182 e. The summed E-state index contributed by atoms with van der Waals surface area (Å²) in [5.41, 5.74) is 2.07. The lowest BCUT2D eigenvalue weighted by Crippen LogP contribution is -2.03. The number of anilines is 1. The Morgan fingerprint density at radius 2 is 1.82 bits per heavy atom. The van der Waals surface area contributed by atoms with Crippen LogP contribution in [0.15, 0.2) is 60.1 Å². The van der Waals surface area contributed by atoms with Crippen molar-refractivity contribution in [3.05, 3.63) is 76.3 Å². The maximum absolute atomic E-state index is 6.16. The van der Waals surface area contributed by atoms with E-state index in [-0.39, 0.29) is 0 Å². The summed E-state index contributed by atoms with van der Waals surface area (Å²) in [6.45, 7) is 1.13. The second-order valence-electron chi connectivity index (χ2n) is 4.68. The van der Waals surface area contributed by atoms with Crippen LogP contribution in [0.1, 0.15) is 11.1 Å². The van der Waals surface area contributed by atoms with Crippen LogP contribution in [-0.2, 0) is 13.2 Å². The maximum Gasteiger partial charge on any atom is 0.182 e. The predicted octanol–water partition coefficient (Wildman–Crippen LogP) is 4.99. The zero-order valence-corrected chi connectivity index (χ0v) is 13.4. The van der Waals surface area contributed by atoms with Crippen LogP contribution in [0, 0.1) is 0 Å². The van der Waals surface area contributed by atoms with Gasteiger partial charge >= 0.3 is 0 Å². The molecule has 0 aliphatic rings. The molecule has 0 atom stereocenters. The van der Waals surface area contributed by atoms with Gasteiger partial charge in [-0.2, -0.15) is 0 Å². The number of rotatable bonds is 6. The van der Waals surface area contributed by atoms with Gasteiger partial charge in [0.25, 0.3) is 0 Å². The molecule has 3 nitrogen and oxygen atoms in total. The molecule has 0 aliphatic carbocycles. The third kappa shape index (κ3) is 3.78. The molecule has 3 rings (SSSR count). The Labute approximate surface area is 138 Å². The van der Waals surface area contributed by atoms with Crippen molar-refractivity contribution in [2.75, 3.05) is 5.32 Å². The average molecular weight is 331 g/mol. The Morgan fingerprint density at radius 1 is 1.05 bits per heavy atom. The first-order valence-corrected chi connectivity index (χ1v) is 8.16. The van der Waals surface area contributed by atoms with E-state index in [1.807, 2.05) is 53.9 Å². The van der Waals surface area contributed by atoms with E-state index in [1.165, 1.54) is 0 Å². The Bertz CT molecular complexity index is 731. The quantitative estimate of drug-likeness (QED) is 0.691. The van der Waals surface area contributed by atoms with Crippen LogP contribution in [0.4, 0.5) is 5.13 Å². The van der Waals surface area contributed by atoms with Gasteiger partial charge in [0.1, 0.15) is 12.4 Å². The summed E-state index contributed by atoms with van der Waals surface area (Å²) in [4.78, 5) is 4.22. The highest BCUT2D eigenvalue weighted by Crippen LogP contribution is 2.23. The summed E-state index contributed by atoms with van der Waals surface area (Å²) in [7, 11) is 0. The van der Waals surface area contributed by atoms with E-state index < -0.39 is 0 Å². The van der Waals surface area contributed by atoms with E-state index in [0.717, 1.165) is 27.0 Å². The maximum atomic E-state index is 6.16. The van der Waals surface area contributed by atoms with Crippen LogP contribution >= 0.6 is 22.9 Å². The van der Waals surface area contributed by atoms with Crippen LogP contribution in [0.2, 0.25) is 5.02 Å². The number of nitrogens with zero attached hydrogens (tertiary/aromatic N) is 1. The minimum atomic E-state index is 0.452. The third-order valence-corrected chi connectivity index (χ3v) is 4.28. The van der Waals surface area contributed by atoms with Gasteiger partial charge in [0.05, 0.1) is 0 Å². The molecule has 0 unspecified atom stereocenters. The van der Waals surface area contributed by atoms with Gasteiger partial charge in [-0.05, 0) is 12.1 Å². The Morgan fingerprint density at radius 3 is 2.59 bits per heavy atom. The molecule has 1 N–H and O–H groups in total. The Hall–Kier alpha value is -2.04. The predicted molar refractivity (Wildman–Crippen MR) is 91.7 cm³/mol. The minimum Gasteiger partial charge on any atom is -0.488 e. The molecule has 0 spiro atoms. The summed E-state index contributed by atoms with van der Waals surface area (Å²) in [6, 6.07) is 15.7. The molecule has 1 aromatic heterocycles. The van der Waals surface area contributed by atoms with Crippen molar-refractivity contribution in [2.24, 2.45) is 0 Å². The van der Waals surface area contributed by atoms with Gasteiger partial charge in [-0.1, -0.05) is 48.0 Å². The molecule has 0 saturated carbocycles. The molecule has 1 heterocycles. The number of para-hydroxylation sites is 1. The van der Waals surface area contributed by atoms with E-state index >= 15 is 0 Å². The lowest BCUT2D eigenvalue weighted by Gasteiger charge is -2.12. The SMILES string of the molecule is Clc1ccccc1COc1ccccc1CNc1nccs1. The fourth-order valence-electron chi connectivity index (χ4n) is 2.04. The van der Waals surface area contributed by atoms with Gasteiger partial charge in [-0.3, -0.25) is 0 Å².